The van der Waals surface area contributed by atoms with Gasteiger partial charge in [-0.3, -0.25) is 4.79 Å². The van der Waals surface area contributed by atoms with E-state index in [1.165, 1.54) is 26.1 Å². The molecule has 8 heteroatoms. The third-order valence-electron chi connectivity index (χ3n) is 3.40. The molecule has 0 aliphatic rings. The third-order valence-corrected chi connectivity index (χ3v) is 5.20. The zero-order valence-corrected chi connectivity index (χ0v) is 14.4. The van der Waals surface area contributed by atoms with Crippen molar-refractivity contribution in [1.82, 2.24) is 9.29 Å². The molecule has 1 amide bonds. The van der Waals surface area contributed by atoms with Gasteiger partial charge in [-0.15, -0.1) is 0 Å². The van der Waals surface area contributed by atoms with Gasteiger partial charge >= 0.3 is 0 Å². The van der Waals surface area contributed by atoms with E-state index < -0.39 is 28.3 Å². The van der Waals surface area contributed by atoms with Crippen molar-refractivity contribution < 1.29 is 17.6 Å². The number of sulfonamides is 1. The van der Waals surface area contributed by atoms with Crippen LogP contribution in [0.4, 0.5) is 10.2 Å². The second-order valence-corrected chi connectivity index (χ2v) is 7.48. The van der Waals surface area contributed by atoms with Crippen LogP contribution in [-0.2, 0) is 14.8 Å². The molecule has 0 saturated carbocycles. The highest BCUT2D eigenvalue weighted by Crippen LogP contribution is 2.17. The Morgan fingerprint density at radius 3 is 2.58 bits per heavy atom. The lowest BCUT2D eigenvalue weighted by Crippen LogP contribution is -2.35. The molecule has 0 aliphatic heterocycles. The van der Waals surface area contributed by atoms with Crippen LogP contribution in [0.25, 0.3) is 0 Å². The maximum absolute atomic E-state index is 13.6. The fraction of sp³-hybridized carbons (Fsp3) is 0.250. The van der Waals surface area contributed by atoms with E-state index in [0.29, 0.717) is 11.4 Å². The summed E-state index contributed by atoms with van der Waals surface area (Å²) in [5, 5.41) is 2.53. The van der Waals surface area contributed by atoms with Crippen LogP contribution in [0.5, 0.6) is 0 Å². The maximum Gasteiger partial charge on any atom is 0.243 e. The molecule has 1 aromatic carbocycles. The van der Waals surface area contributed by atoms with Crippen LogP contribution >= 0.6 is 0 Å². The van der Waals surface area contributed by atoms with E-state index in [4.69, 9.17) is 0 Å². The van der Waals surface area contributed by atoms with Gasteiger partial charge in [0.15, 0.2) is 0 Å². The third kappa shape index (κ3) is 4.15. The molecule has 0 saturated heterocycles. The van der Waals surface area contributed by atoms with Crippen LogP contribution in [-0.4, -0.2) is 37.2 Å². The first-order valence-corrected chi connectivity index (χ1v) is 8.59. The predicted molar refractivity (Wildman–Crippen MR) is 88.6 cm³/mol. The molecular weight excluding hydrogens is 333 g/mol. The topological polar surface area (TPSA) is 79.4 Å². The molecule has 1 aromatic heterocycles. The minimum Gasteiger partial charge on any atom is -0.310 e. The summed E-state index contributed by atoms with van der Waals surface area (Å²) in [4.78, 5) is 15.8. The Bertz CT molecular complexity index is 869. The molecule has 1 N–H and O–H groups in total. The normalized spacial score (nSPS) is 11.5. The van der Waals surface area contributed by atoms with Gasteiger partial charge in [0.25, 0.3) is 0 Å². The van der Waals surface area contributed by atoms with E-state index in [9.17, 15) is 17.6 Å². The van der Waals surface area contributed by atoms with Crippen molar-refractivity contribution in [1.29, 1.82) is 0 Å². The standard InChI is InChI=1S/C16H18FN3O3S/c1-11-6-7-18-15(8-11)19-16(21)10-20(3)24(22,23)13-5-4-12(2)14(17)9-13/h4-9H,10H2,1-3H3,(H,18,19,21). The number of anilines is 1. The lowest BCUT2D eigenvalue weighted by molar-refractivity contribution is -0.116. The Hall–Kier alpha value is -2.32. The van der Waals surface area contributed by atoms with Crippen molar-refractivity contribution in [2.45, 2.75) is 18.7 Å². The van der Waals surface area contributed by atoms with Gasteiger partial charge in [-0.2, -0.15) is 4.31 Å². The molecule has 2 rings (SSSR count). The number of pyridine rings is 1. The summed E-state index contributed by atoms with van der Waals surface area (Å²) >= 11 is 0. The first-order chi connectivity index (χ1) is 11.2. The van der Waals surface area contributed by atoms with Crippen LogP contribution in [0.15, 0.2) is 41.4 Å². The highest BCUT2D eigenvalue weighted by atomic mass is 32.2. The van der Waals surface area contributed by atoms with Crippen LogP contribution in [0.2, 0.25) is 0 Å². The zero-order chi connectivity index (χ0) is 17.9. The summed E-state index contributed by atoms with van der Waals surface area (Å²) in [5.74, 6) is -0.808. The lowest BCUT2D eigenvalue weighted by atomic mass is 10.2. The number of amides is 1. The molecule has 24 heavy (non-hydrogen) atoms. The van der Waals surface area contributed by atoms with Gasteiger partial charge in [0, 0.05) is 13.2 Å². The maximum atomic E-state index is 13.6. The van der Waals surface area contributed by atoms with E-state index in [2.05, 4.69) is 10.3 Å². The van der Waals surface area contributed by atoms with Crippen molar-refractivity contribution in [3.8, 4) is 0 Å². The molecule has 0 spiro atoms. The SMILES string of the molecule is Cc1ccnc(NC(=O)CN(C)S(=O)(=O)c2ccc(C)c(F)c2)c1. The summed E-state index contributed by atoms with van der Waals surface area (Å²) in [6.07, 6.45) is 1.54. The number of likely N-dealkylation sites (N-methyl/N-ethyl adjacent to an activating group) is 1. The largest absolute Gasteiger partial charge is 0.310 e. The number of halogens is 1. The number of nitrogens with zero attached hydrogens (tertiary/aromatic N) is 2. The Balaban J connectivity index is 2.11. The van der Waals surface area contributed by atoms with Crippen LogP contribution in [0.1, 0.15) is 11.1 Å². The quantitative estimate of drug-likeness (QED) is 0.895. The van der Waals surface area contributed by atoms with Gasteiger partial charge in [0.05, 0.1) is 11.4 Å². The molecule has 2 aromatic rings. The molecule has 0 atom stereocenters. The smallest absolute Gasteiger partial charge is 0.243 e. The number of aromatic nitrogens is 1. The first-order valence-electron chi connectivity index (χ1n) is 7.15. The zero-order valence-electron chi connectivity index (χ0n) is 13.6. The highest BCUT2D eigenvalue weighted by Gasteiger charge is 2.24. The van der Waals surface area contributed by atoms with Gasteiger partial charge in [-0.1, -0.05) is 6.07 Å². The van der Waals surface area contributed by atoms with Crippen LogP contribution in [0, 0.1) is 19.7 Å². The monoisotopic (exact) mass is 351 g/mol. The highest BCUT2D eigenvalue weighted by molar-refractivity contribution is 7.89. The lowest BCUT2D eigenvalue weighted by Gasteiger charge is -2.17. The molecule has 1 heterocycles. The summed E-state index contributed by atoms with van der Waals surface area (Å²) in [5.41, 5.74) is 1.26. The van der Waals surface area contributed by atoms with E-state index in [-0.39, 0.29) is 4.90 Å². The number of carbonyl (C=O) groups is 1. The van der Waals surface area contributed by atoms with Gasteiger partial charge in [0.2, 0.25) is 15.9 Å². The predicted octanol–water partition coefficient (Wildman–Crippen LogP) is 2.10. The number of rotatable bonds is 5. The van der Waals surface area contributed by atoms with Gasteiger partial charge in [-0.05, 0) is 49.2 Å². The fourth-order valence-corrected chi connectivity index (χ4v) is 3.13. The number of aryl methyl sites for hydroxylation is 2. The first kappa shape index (κ1) is 18.0. The van der Waals surface area contributed by atoms with Gasteiger partial charge in [-0.25, -0.2) is 17.8 Å². The molecule has 0 fully saturated rings. The van der Waals surface area contributed by atoms with E-state index in [0.717, 1.165) is 15.9 Å². The molecule has 0 unspecified atom stereocenters. The second-order valence-electron chi connectivity index (χ2n) is 5.44. The number of hydrogen-bond donors (Lipinski definition) is 1. The molecular formula is C16H18FN3O3S. The van der Waals surface area contributed by atoms with Gasteiger partial charge < -0.3 is 5.32 Å². The van der Waals surface area contributed by atoms with Crippen LogP contribution in [0.3, 0.4) is 0 Å². The van der Waals surface area contributed by atoms with Gasteiger partial charge in [0.1, 0.15) is 11.6 Å². The summed E-state index contributed by atoms with van der Waals surface area (Å²) in [6.45, 7) is 2.98. The minimum atomic E-state index is -3.96. The number of nitrogens with one attached hydrogen (secondary N) is 1. The van der Waals surface area contributed by atoms with E-state index >= 15 is 0 Å². The van der Waals surface area contributed by atoms with Crippen molar-refractivity contribution >= 4 is 21.7 Å². The average molecular weight is 351 g/mol. The minimum absolute atomic E-state index is 0.199. The Kier molecular flexibility index (Phi) is 5.30. The van der Waals surface area contributed by atoms with Crippen molar-refractivity contribution in [3.05, 3.63) is 53.5 Å². The van der Waals surface area contributed by atoms with Crippen LogP contribution < -0.4 is 5.32 Å². The molecule has 0 aliphatic carbocycles. The summed E-state index contributed by atoms with van der Waals surface area (Å²) < 4.78 is 39.3. The Morgan fingerprint density at radius 1 is 1.25 bits per heavy atom. The summed E-state index contributed by atoms with van der Waals surface area (Å²) in [6, 6.07) is 7.08. The fourth-order valence-electron chi connectivity index (χ4n) is 1.99. The van der Waals surface area contributed by atoms with E-state index in [1.807, 2.05) is 6.92 Å². The number of carbonyl (C=O) groups excluding carboxylic acids is 1. The van der Waals surface area contributed by atoms with Crippen molar-refractivity contribution in [2.24, 2.45) is 0 Å². The van der Waals surface area contributed by atoms with E-state index in [1.54, 1.807) is 18.3 Å². The average Bonchev–Trinajstić information content (AvgIpc) is 2.49. The summed E-state index contributed by atoms with van der Waals surface area (Å²) in [7, 11) is -2.70. The molecule has 0 radical (unpaired) electrons. The second kappa shape index (κ2) is 7.06. The molecule has 6 nitrogen and oxygen atoms in total. The van der Waals surface area contributed by atoms with Crippen molar-refractivity contribution in [3.63, 3.8) is 0 Å². The number of benzene rings is 1. The Labute approximate surface area is 140 Å². The Morgan fingerprint density at radius 2 is 1.96 bits per heavy atom. The molecule has 128 valence electrons. The number of hydrogen-bond acceptors (Lipinski definition) is 4. The van der Waals surface area contributed by atoms with Crippen molar-refractivity contribution in [2.75, 3.05) is 18.9 Å². The molecule has 0 bridgehead atoms.